The molecule has 1 aliphatic heterocycles. The fourth-order valence-electron chi connectivity index (χ4n) is 4.37. The average molecular weight is 314 g/mol. The highest BCUT2D eigenvalue weighted by atomic mass is 16.7. The second-order valence-electron chi connectivity index (χ2n) is 7.21. The Labute approximate surface area is 138 Å². The lowest BCUT2D eigenvalue weighted by atomic mass is 9.69. The number of fused-ring (bicyclic) bond motifs is 3. The van der Waals surface area contributed by atoms with E-state index in [4.69, 9.17) is 14.2 Å². The smallest absolute Gasteiger partial charge is 0.158 e. The summed E-state index contributed by atoms with van der Waals surface area (Å²) >= 11 is 0. The second kappa shape index (κ2) is 5.95. The summed E-state index contributed by atoms with van der Waals surface area (Å²) in [6, 6.07) is 6.48. The van der Waals surface area contributed by atoms with E-state index in [0.717, 1.165) is 38.0 Å². The van der Waals surface area contributed by atoms with Crippen LogP contribution in [0.2, 0.25) is 0 Å². The van der Waals surface area contributed by atoms with Crippen LogP contribution in [0.5, 0.6) is 5.75 Å². The van der Waals surface area contributed by atoms with E-state index < -0.39 is 0 Å². The largest absolute Gasteiger partial charge is 0.497 e. The molecule has 0 saturated carbocycles. The van der Waals surface area contributed by atoms with Crippen LogP contribution in [0, 0.1) is 5.41 Å². The lowest BCUT2D eigenvalue weighted by Gasteiger charge is -2.41. The summed E-state index contributed by atoms with van der Waals surface area (Å²) in [5.74, 6) is 0.953. The van der Waals surface area contributed by atoms with Crippen LogP contribution in [-0.4, -0.2) is 26.1 Å². The molecule has 3 heteroatoms. The van der Waals surface area contributed by atoms with Gasteiger partial charge in [0.15, 0.2) is 6.29 Å². The van der Waals surface area contributed by atoms with Crippen LogP contribution < -0.4 is 4.74 Å². The minimum Gasteiger partial charge on any atom is -0.497 e. The Balaban J connectivity index is 1.56. The molecule has 3 aliphatic rings. The monoisotopic (exact) mass is 314 g/mol. The number of hydrogen-bond acceptors (Lipinski definition) is 3. The van der Waals surface area contributed by atoms with E-state index in [9.17, 15) is 0 Å². The Morgan fingerprint density at radius 2 is 2.17 bits per heavy atom. The van der Waals surface area contributed by atoms with Crippen molar-refractivity contribution in [1.29, 1.82) is 0 Å². The number of benzene rings is 1. The van der Waals surface area contributed by atoms with Crippen LogP contribution in [0.25, 0.3) is 5.57 Å². The number of rotatable bonds is 3. The number of ether oxygens (including phenoxy) is 3. The van der Waals surface area contributed by atoms with Crippen LogP contribution in [-0.2, 0) is 15.9 Å². The Morgan fingerprint density at radius 3 is 2.96 bits per heavy atom. The maximum Gasteiger partial charge on any atom is 0.158 e. The van der Waals surface area contributed by atoms with Gasteiger partial charge < -0.3 is 14.2 Å². The molecule has 0 radical (unpaired) electrons. The molecule has 0 spiro atoms. The predicted molar refractivity (Wildman–Crippen MR) is 90.5 cm³/mol. The van der Waals surface area contributed by atoms with Crippen LogP contribution in [0.15, 0.2) is 24.3 Å². The summed E-state index contributed by atoms with van der Waals surface area (Å²) in [5.41, 5.74) is 4.36. The lowest BCUT2D eigenvalue weighted by molar-refractivity contribution is -0.202. The summed E-state index contributed by atoms with van der Waals surface area (Å²) < 4.78 is 17.6. The maximum atomic E-state index is 6.39. The molecule has 1 saturated heterocycles. The van der Waals surface area contributed by atoms with Gasteiger partial charge in [-0.2, -0.15) is 0 Å². The van der Waals surface area contributed by atoms with E-state index in [1.165, 1.54) is 29.5 Å². The van der Waals surface area contributed by atoms with Gasteiger partial charge in [0.2, 0.25) is 0 Å². The molecule has 1 aromatic carbocycles. The van der Waals surface area contributed by atoms with E-state index in [-0.39, 0.29) is 17.8 Å². The molecule has 0 bridgehead atoms. The van der Waals surface area contributed by atoms with Crippen LogP contribution >= 0.6 is 0 Å². The van der Waals surface area contributed by atoms with Gasteiger partial charge in [0, 0.05) is 12.0 Å². The Morgan fingerprint density at radius 1 is 1.26 bits per heavy atom. The molecule has 1 aromatic rings. The quantitative estimate of drug-likeness (QED) is 0.830. The minimum absolute atomic E-state index is 0.00408. The van der Waals surface area contributed by atoms with Gasteiger partial charge in [0.1, 0.15) is 5.75 Å². The Hall–Kier alpha value is -1.32. The molecular formula is C20H26O3. The van der Waals surface area contributed by atoms with E-state index in [2.05, 4.69) is 31.2 Å². The van der Waals surface area contributed by atoms with Gasteiger partial charge in [-0.3, -0.25) is 0 Å². The molecule has 3 nitrogen and oxygen atoms in total. The fourth-order valence-corrected chi connectivity index (χ4v) is 4.37. The molecule has 2 aliphatic carbocycles. The van der Waals surface area contributed by atoms with Gasteiger partial charge in [0.25, 0.3) is 0 Å². The first kappa shape index (κ1) is 15.2. The van der Waals surface area contributed by atoms with Gasteiger partial charge in [-0.15, -0.1) is 0 Å². The molecule has 0 amide bonds. The number of methoxy groups -OCH3 is 1. The maximum absolute atomic E-state index is 6.39. The van der Waals surface area contributed by atoms with Crippen molar-refractivity contribution in [2.24, 2.45) is 5.41 Å². The van der Waals surface area contributed by atoms with Gasteiger partial charge in [0.05, 0.1) is 13.2 Å². The number of hydrogen-bond donors (Lipinski definition) is 0. The third-order valence-electron chi connectivity index (χ3n) is 5.83. The van der Waals surface area contributed by atoms with Crippen LogP contribution in [0.4, 0.5) is 0 Å². The second-order valence-corrected chi connectivity index (χ2v) is 7.21. The van der Waals surface area contributed by atoms with Crippen molar-refractivity contribution in [3.8, 4) is 5.75 Å². The highest BCUT2D eigenvalue weighted by Gasteiger charge is 2.46. The Bertz CT molecular complexity index is 615. The zero-order chi connectivity index (χ0) is 15.9. The Kier molecular flexibility index (Phi) is 3.94. The lowest BCUT2D eigenvalue weighted by Crippen LogP contribution is -2.38. The van der Waals surface area contributed by atoms with Crippen molar-refractivity contribution in [1.82, 2.24) is 0 Å². The third-order valence-corrected chi connectivity index (χ3v) is 5.83. The average Bonchev–Trinajstić information content (AvgIpc) is 2.92. The summed E-state index contributed by atoms with van der Waals surface area (Å²) in [5, 5.41) is 0. The molecule has 1 fully saturated rings. The SMILES string of the molecule is COc1ccc2c(c1)CCC1(C)C2=CCC1OC1CCCCO1. The first-order valence-electron chi connectivity index (χ1n) is 8.86. The zero-order valence-corrected chi connectivity index (χ0v) is 14.1. The molecular weight excluding hydrogens is 288 g/mol. The first-order valence-corrected chi connectivity index (χ1v) is 8.86. The molecule has 4 rings (SSSR count). The van der Waals surface area contributed by atoms with Crippen molar-refractivity contribution in [2.75, 3.05) is 13.7 Å². The highest BCUT2D eigenvalue weighted by molar-refractivity contribution is 5.77. The van der Waals surface area contributed by atoms with Crippen molar-refractivity contribution in [3.05, 3.63) is 35.4 Å². The molecule has 23 heavy (non-hydrogen) atoms. The van der Waals surface area contributed by atoms with E-state index in [0.29, 0.717) is 0 Å². The van der Waals surface area contributed by atoms with E-state index >= 15 is 0 Å². The summed E-state index contributed by atoms with van der Waals surface area (Å²) in [7, 11) is 1.73. The zero-order valence-electron chi connectivity index (χ0n) is 14.1. The van der Waals surface area contributed by atoms with Gasteiger partial charge in [-0.05, 0) is 67.4 Å². The van der Waals surface area contributed by atoms with Crippen LogP contribution in [0.1, 0.15) is 50.2 Å². The van der Waals surface area contributed by atoms with Gasteiger partial charge in [-0.1, -0.05) is 19.1 Å². The normalized spacial score (nSPS) is 32.9. The fraction of sp³-hybridized carbons (Fsp3) is 0.600. The standard InChI is InChI=1S/C20H26O3/c1-20-11-10-14-13-15(21-2)6-7-16(14)17(20)8-9-18(20)23-19-5-3-4-12-22-19/h6-8,13,18-19H,3-5,9-12H2,1-2H3. The minimum atomic E-state index is -0.00408. The van der Waals surface area contributed by atoms with Gasteiger partial charge >= 0.3 is 0 Å². The highest BCUT2D eigenvalue weighted by Crippen LogP contribution is 2.53. The molecule has 3 atom stereocenters. The topological polar surface area (TPSA) is 27.7 Å². The van der Waals surface area contributed by atoms with Crippen LogP contribution in [0.3, 0.4) is 0 Å². The third kappa shape index (κ3) is 2.60. The predicted octanol–water partition coefficient (Wildman–Crippen LogP) is 4.35. The molecule has 1 heterocycles. The molecule has 124 valence electrons. The summed E-state index contributed by atoms with van der Waals surface area (Å²) in [4.78, 5) is 0. The summed E-state index contributed by atoms with van der Waals surface area (Å²) in [6.45, 7) is 3.21. The van der Waals surface area contributed by atoms with Crippen molar-refractivity contribution < 1.29 is 14.2 Å². The van der Waals surface area contributed by atoms with E-state index in [1.807, 2.05) is 0 Å². The molecule has 0 N–H and O–H groups in total. The first-order chi connectivity index (χ1) is 11.2. The van der Waals surface area contributed by atoms with Crippen molar-refractivity contribution in [3.63, 3.8) is 0 Å². The van der Waals surface area contributed by atoms with Crippen molar-refractivity contribution >= 4 is 5.57 Å². The van der Waals surface area contributed by atoms with Crippen molar-refractivity contribution in [2.45, 2.75) is 57.8 Å². The summed E-state index contributed by atoms with van der Waals surface area (Å²) in [6.07, 6.45) is 9.27. The van der Waals surface area contributed by atoms with E-state index in [1.54, 1.807) is 7.11 Å². The molecule has 0 aromatic heterocycles. The number of aryl methyl sites for hydroxylation is 1. The van der Waals surface area contributed by atoms with Gasteiger partial charge in [-0.25, -0.2) is 0 Å². The molecule has 3 unspecified atom stereocenters.